The zero-order valence-corrected chi connectivity index (χ0v) is 24.4. The predicted octanol–water partition coefficient (Wildman–Crippen LogP) is 4.86. The minimum atomic E-state index is -0.974. The van der Waals surface area contributed by atoms with E-state index in [0.29, 0.717) is 31.1 Å². The van der Waals surface area contributed by atoms with Gasteiger partial charge in [0, 0.05) is 18.3 Å². The van der Waals surface area contributed by atoms with Gasteiger partial charge in [0.1, 0.15) is 17.8 Å². The molecule has 0 aromatic carbocycles. The lowest BCUT2D eigenvalue weighted by Crippen LogP contribution is -2.61. The van der Waals surface area contributed by atoms with Crippen molar-refractivity contribution >= 4 is 17.9 Å². The standard InChI is InChI=1S/C16H26O3.C15H19NO4/c1-4-14(2,3)13(17)19-16-8-11-5-12(9-16)7-15(18,6-11)10-16;1-4-14(2,3)12(17)19-10-8-5-9-11(10)20-13(18)15(9,6-8)7-16/h11-12,18H,4-10H2,1-3H3;8-11H,4-6H2,1-3H3. The Morgan fingerprint density at radius 2 is 1.59 bits per heavy atom. The molecule has 1 heterocycles. The van der Waals surface area contributed by atoms with E-state index in [1.807, 2.05) is 41.5 Å². The van der Waals surface area contributed by atoms with Gasteiger partial charge in [-0.2, -0.15) is 5.26 Å². The second kappa shape index (κ2) is 9.19. The summed E-state index contributed by atoms with van der Waals surface area (Å²) >= 11 is 0. The Bertz CT molecular complexity index is 1070. The van der Waals surface area contributed by atoms with Crippen LogP contribution >= 0.6 is 0 Å². The van der Waals surface area contributed by atoms with Crippen molar-refractivity contribution in [2.75, 3.05) is 0 Å². The number of nitriles is 1. The van der Waals surface area contributed by atoms with Gasteiger partial charge in [0.25, 0.3) is 0 Å². The predicted molar refractivity (Wildman–Crippen MR) is 141 cm³/mol. The highest BCUT2D eigenvalue weighted by Gasteiger charge is 2.72. The lowest BCUT2D eigenvalue weighted by atomic mass is 9.52. The molecule has 6 aliphatic carbocycles. The second-order valence-corrected chi connectivity index (χ2v) is 14.9. The number of fused-ring (bicyclic) bond motifs is 1. The monoisotopic (exact) mass is 543 g/mol. The van der Waals surface area contributed by atoms with Crippen LogP contribution in [-0.2, 0) is 28.6 Å². The van der Waals surface area contributed by atoms with E-state index in [0.717, 1.165) is 38.5 Å². The van der Waals surface area contributed by atoms with Crippen LogP contribution in [0.5, 0.6) is 0 Å². The van der Waals surface area contributed by atoms with Crippen LogP contribution in [0.15, 0.2) is 0 Å². The van der Waals surface area contributed by atoms with Crippen LogP contribution in [0.4, 0.5) is 0 Å². The van der Waals surface area contributed by atoms with E-state index in [1.165, 1.54) is 6.42 Å². The van der Waals surface area contributed by atoms with Gasteiger partial charge in [0.2, 0.25) is 0 Å². The fraction of sp³-hybridized carbons (Fsp3) is 0.871. The van der Waals surface area contributed by atoms with Crippen LogP contribution in [0.25, 0.3) is 0 Å². The van der Waals surface area contributed by atoms with Gasteiger partial charge in [-0.05, 0) is 97.3 Å². The van der Waals surface area contributed by atoms with Gasteiger partial charge in [0.15, 0.2) is 5.41 Å². The molecular weight excluding hydrogens is 498 g/mol. The highest BCUT2D eigenvalue weighted by Crippen LogP contribution is 2.62. The van der Waals surface area contributed by atoms with E-state index in [2.05, 4.69) is 6.07 Å². The summed E-state index contributed by atoms with van der Waals surface area (Å²) in [6, 6.07) is 2.15. The summed E-state index contributed by atoms with van der Waals surface area (Å²) < 4.78 is 17.0. The number of hydrogen-bond acceptors (Lipinski definition) is 8. The van der Waals surface area contributed by atoms with Crippen molar-refractivity contribution in [2.45, 2.75) is 129 Å². The summed E-state index contributed by atoms with van der Waals surface area (Å²) in [5.74, 6) is 0.335. The molecule has 0 aromatic heterocycles. The number of aliphatic hydroxyl groups is 1. The SMILES string of the molecule is CCC(C)(C)C(=O)OC12CC3CC(CC(O)(C3)C1)C2.CCC(C)(C)C(=O)OC1C2CC3C1OC(=O)C3(C#N)C2. The molecule has 6 bridgehead atoms. The van der Waals surface area contributed by atoms with Gasteiger partial charge in [-0.25, -0.2) is 0 Å². The Hall–Kier alpha value is -2.14. The molecule has 7 aliphatic rings. The number of carbonyl (C=O) groups is 3. The molecule has 7 fully saturated rings. The van der Waals surface area contributed by atoms with Gasteiger partial charge in [0.05, 0.1) is 22.5 Å². The third-order valence-electron chi connectivity index (χ3n) is 11.2. The van der Waals surface area contributed by atoms with E-state index in [9.17, 15) is 24.8 Å². The summed E-state index contributed by atoms with van der Waals surface area (Å²) in [7, 11) is 0. The molecule has 7 rings (SSSR count). The maximum atomic E-state index is 12.4. The molecule has 0 radical (unpaired) electrons. The van der Waals surface area contributed by atoms with Gasteiger partial charge < -0.3 is 19.3 Å². The fourth-order valence-electron chi connectivity index (χ4n) is 8.44. The van der Waals surface area contributed by atoms with Gasteiger partial charge in [-0.3, -0.25) is 14.4 Å². The van der Waals surface area contributed by atoms with Gasteiger partial charge >= 0.3 is 17.9 Å². The normalized spacial score (nSPS) is 42.9. The maximum absolute atomic E-state index is 12.4. The molecular formula is C31H45NO7. The molecule has 216 valence electrons. The van der Waals surface area contributed by atoms with Crippen LogP contribution in [0, 0.1) is 51.2 Å². The summed E-state index contributed by atoms with van der Waals surface area (Å²) in [6.07, 6.45) is 7.57. The van der Waals surface area contributed by atoms with Gasteiger partial charge in [-0.1, -0.05) is 13.8 Å². The van der Waals surface area contributed by atoms with E-state index in [1.54, 1.807) is 0 Å². The summed E-state index contributed by atoms with van der Waals surface area (Å²) in [5.41, 5.74) is -2.83. The van der Waals surface area contributed by atoms with Crippen LogP contribution in [0.1, 0.15) is 106 Å². The van der Waals surface area contributed by atoms with Gasteiger partial charge in [-0.15, -0.1) is 0 Å². The third-order valence-corrected chi connectivity index (χ3v) is 11.2. The van der Waals surface area contributed by atoms with Crippen molar-refractivity contribution in [3.63, 3.8) is 0 Å². The van der Waals surface area contributed by atoms with Crippen molar-refractivity contribution in [3.05, 3.63) is 0 Å². The van der Waals surface area contributed by atoms with Crippen LogP contribution in [0.3, 0.4) is 0 Å². The van der Waals surface area contributed by atoms with E-state index in [-0.39, 0.29) is 35.5 Å². The number of ether oxygens (including phenoxy) is 3. The Labute approximate surface area is 232 Å². The molecule has 6 saturated carbocycles. The number of carbonyl (C=O) groups excluding carboxylic acids is 3. The number of rotatable bonds is 6. The molecule has 0 amide bonds. The van der Waals surface area contributed by atoms with Crippen molar-refractivity contribution in [3.8, 4) is 6.07 Å². The lowest BCUT2D eigenvalue weighted by Gasteiger charge is -2.59. The number of esters is 3. The van der Waals surface area contributed by atoms with Crippen molar-refractivity contribution in [2.24, 2.45) is 39.9 Å². The number of nitrogens with zero attached hydrogens (tertiary/aromatic N) is 1. The van der Waals surface area contributed by atoms with Crippen LogP contribution in [0.2, 0.25) is 0 Å². The molecule has 8 heteroatoms. The summed E-state index contributed by atoms with van der Waals surface area (Å²) in [5, 5.41) is 20.0. The van der Waals surface area contributed by atoms with Crippen LogP contribution < -0.4 is 0 Å². The molecule has 0 aromatic rings. The van der Waals surface area contributed by atoms with Crippen LogP contribution in [-0.4, -0.2) is 46.4 Å². The van der Waals surface area contributed by atoms with E-state index in [4.69, 9.17) is 14.2 Å². The summed E-state index contributed by atoms with van der Waals surface area (Å²) in [4.78, 5) is 36.5. The average Bonchev–Trinajstić information content (AvgIpc) is 3.44. The minimum absolute atomic E-state index is 0.0766. The maximum Gasteiger partial charge on any atom is 0.327 e. The zero-order chi connectivity index (χ0) is 28.6. The molecule has 0 spiro atoms. The largest absolute Gasteiger partial charge is 0.459 e. The first kappa shape index (κ1) is 28.4. The van der Waals surface area contributed by atoms with E-state index >= 15 is 0 Å². The zero-order valence-electron chi connectivity index (χ0n) is 24.4. The molecule has 1 saturated heterocycles. The fourth-order valence-corrected chi connectivity index (χ4v) is 8.44. The summed E-state index contributed by atoms with van der Waals surface area (Å²) in [6.45, 7) is 11.6. The Morgan fingerprint density at radius 1 is 1.00 bits per heavy atom. The quantitative estimate of drug-likeness (QED) is 0.372. The first-order valence-corrected chi connectivity index (χ1v) is 14.9. The Balaban J connectivity index is 0.000000158. The average molecular weight is 544 g/mol. The second-order valence-electron chi connectivity index (χ2n) is 14.9. The molecule has 39 heavy (non-hydrogen) atoms. The third kappa shape index (κ3) is 4.57. The highest BCUT2D eigenvalue weighted by atomic mass is 16.6. The molecule has 1 N–H and O–H groups in total. The molecule has 1 aliphatic heterocycles. The Morgan fingerprint density at radius 3 is 2.13 bits per heavy atom. The Kier molecular flexibility index (Phi) is 6.69. The van der Waals surface area contributed by atoms with Crippen molar-refractivity contribution < 1.29 is 33.7 Å². The van der Waals surface area contributed by atoms with E-state index < -0.39 is 33.9 Å². The topological polar surface area (TPSA) is 123 Å². The molecule has 8 nitrogen and oxygen atoms in total. The van der Waals surface area contributed by atoms with Crippen molar-refractivity contribution in [1.29, 1.82) is 5.26 Å². The first-order valence-electron chi connectivity index (χ1n) is 14.9. The first-order chi connectivity index (χ1) is 18.1. The highest BCUT2D eigenvalue weighted by molar-refractivity contribution is 5.84. The lowest BCUT2D eigenvalue weighted by molar-refractivity contribution is -0.225. The molecule has 7 unspecified atom stereocenters. The smallest absolute Gasteiger partial charge is 0.327 e. The number of hydrogen-bond donors (Lipinski definition) is 1. The minimum Gasteiger partial charge on any atom is -0.459 e. The van der Waals surface area contributed by atoms with Crippen molar-refractivity contribution in [1.82, 2.24) is 0 Å². The molecule has 7 atom stereocenters.